The number of anilines is 1. The fourth-order valence-corrected chi connectivity index (χ4v) is 2.08. The van der Waals surface area contributed by atoms with Crippen molar-refractivity contribution in [1.82, 2.24) is 4.90 Å². The van der Waals surface area contributed by atoms with Crippen molar-refractivity contribution in [3.05, 3.63) is 29.8 Å². The molecule has 7 heteroatoms. The SMILES string of the molecule is CCN(C)CC(O)c1ccc(NS(C)(=O)=O)cc1.Cl. The van der Waals surface area contributed by atoms with E-state index in [2.05, 4.69) is 4.72 Å². The minimum absolute atomic E-state index is 0. The Morgan fingerprint density at radius 1 is 1.32 bits per heavy atom. The Hall–Kier alpha value is -0.820. The summed E-state index contributed by atoms with van der Waals surface area (Å²) in [6.07, 6.45) is 0.536. The molecular weight excluding hydrogens is 288 g/mol. The normalized spacial score (nSPS) is 12.9. The van der Waals surface area contributed by atoms with E-state index in [0.29, 0.717) is 12.2 Å². The third kappa shape index (κ3) is 6.77. The van der Waals surface area contributed by atoms with E-state index in [1.165, 1.54) is 0 Å². The van der Waals surface area contributed by atoms with Crippen LogP contribution in [0.2, 0.25) is 0 Å². The molecule has 110 valence electrons. The van der Waals surface area contributed by atoms with Crippen LogP contribution in [0.4, 0.5) is 5.69 Å². The highest BCUT2D eigenvalue weighted by Crippen LogP contribution is 2.17. The monoisotopic (exact) mass is 308 g/mol. The van der Waals surface area contributed by atoms with Gasteiger partial charge in [-0.25, -0.2) is 8.42 Å². The smallest absolute Gasteiger partial charge is 0.229 e. The first kappa shape index (κ1) is 18.2. The van der Waals surface area contributed by atoms with Crippen molar-refractivity contribution in [3.8, 4) is 0 Å². The molecule has 0 aliphatic carbocycles. The molecule has 0 saturated carbocycles. The summed E-state index contributed by atoms with van der Waals surface area (Å²) < 4.78 is 24.5. The summed E-state index contributed by atoms with van der Waals surface area (Å²) >= 11 is 0. The van der Waals surface area contributed by atoms with Crippen molar-refractivity contribution in [1.29, 1.82) is 0 Å². The molecule has 5 nitrogen and oxygen atoms in total. The second-order valence-corrected chi connectivity index (χ2v) is 6.12. The molecule has 1 unspecified atom stereocenters. The molecule has 0 aromatic heterocycles. The van der Waals surface area contributed by atoms with Crippen LogP contribution in [0, 0.1) is 0 Å². The zero-order chi connectivity index (χ0) is 13.8. The molecule has 0 saturated heterocycles. The molecule has 0 fully saturated rings. The summed E-state index contributed by atoms with van der Waals surface area (Å²) in [5.41, 5.74) is 1.27. The van der Waals surface area contributed by atoms with Gasteiger partial charge in [0, 0.05) is 12.2 Å². The lowest BCUT2D eigenvalue weighted by atomic mass is 10.1. The van der Waals surface area contributed by atoms with Gasteiger partial charge in [-0.3, -0.25) is 4.72 Å². The molecule has 19 heavy (non-hydrogen) atoms. The van der Waals surface area contributed by atoms with E-state index in [9.17, 15) is 13.5 Å². The number of benzene rings is 1. The van der Waals surface area contributed by atoms with Gasteiger partial charge in [-0.05, 0) is 31.3 Å². The molecule has 0 spiro atoms. The summed E-state index contributed by atoms with van der Waals surface area (Å²) in [7, 11) is -1.32. The van der Waals surface area contributed by atoms with Gasteiger partial charge in [0.05, 0.1) is 12.4 Å². The molecule has 1 aromatic carbocycles. The van der Waals surface area contributed by atoms with Crippen LogP contribution in [0.15, 0.2) is 24.3 Å². The topological polar surface area (TPSA) is 69.6 Å². The van der Waals surface area contributed by atoms with E-state index in [1.807, 2.05) is 18.9 Å². The zero-order valence-corrected chi connectivity index (χ0v) is 13.0. The molecule has 0 amide bonds. The average molecular weight is 309 g/mol. The predicted octanol–water partition coefficient (Wildman–Crippen LogP) is 1.46. The first-order chi connectivity index (χ1) is 8.31. The van der Waals surface area contributed by atoms with Crippen LogP contribution < -0.4 is 4.72 Å². The van der Waals surface area contributed by atoms with Crippen LogP contribution >= 0.6 is 12.4 Å². The highest BCUT2D eigenvalue weighted by atomic mass is 35.5. The number of hydrogen-bond acceptors (Lipinski definition) is 4. The maximum atomic E-state index is 11.0. The van der Waals surface area contributed by atoms with Gasteiger partial charge < -0.3 is 10.0 Å². The summed E-state index contributed by atoms with van der Waals surface area (Å²) in [5.74, 6) is 0. The van der Waals surface area contributed by atoms with E-state index >= 15 is 0 Å². The maximum Gasteiger partial charge on any atom is 0.229 e. The Labute approximate surface area is 121 Å². The summed E-state index contributed by atoms with van der Waals surface area (Å²) in [6, 6.07) is 6.74. The number of nitrogens with zero attached hydrogens (tertiary/aromatic N) is 1. The third-order valence-corrected chi connectivity index (χ3v) is 3.23. The van der Waals surface area contributed by atoms with Crippen molar-refractivity contribution in [2.75, 3.05) is 31.1 Å². The lowest BCUT2D eigenvalue weighted by Gasteiger charge is -2.19. The van der Waals surface area contributed by atoms with Gasteiger partial charge in [0.1, 0.15) is 0 Å². The molecule has 2 N–H and O–H groups in total. The van der Waals surface area contributed by atoms with Gasteiger partial charge in [-0.1, -0.05) is 19.1 Å². The fraction of sp³-hybridized carbons (Fsp3) is 0.500. The molecule has 1 rings (SSSR count). The number of likely N-dealkylation sites (N-methyl/N-ethyl adjacent to an activating group) is 1. The van der Waals surface area contributed by atoms with Crippen molar-refractivity contribution in [2.24, 2.45) is 0 Å². The number of aliphatic hydroxyl groups is 1. The summed E-state index contributed by atoms with van der Waals surface area (Å²) in [4.78, 5) is 2.01. The van der Waals surface area contributed by atoms with Crippen LogP contribution in [0.25, 0.3) is 0 Å². The van der Waals surface area contributed by atoms with E-state index in [4.69, 9.17) is 0 Å². The number of rotatable bonds is 6. The number of nitrogens with one attached hydrogen (secondary N) is 1. The maximum absolute atomic E-state index is 11.0. The van der Waals surface area contributed by atoms with Crippen molar-refractivity contribution in [3.63, 3.8) is 0 Å². The van der Waals surface area contributed by atoms with Gasteiger partial charge in [0.15, 0.2) is 0 Å². The van der Waals surface area contributed by atoms with Crippen molar-refractivity contribution >= 4 is 28.1 Å². The molecule has 0 aliphatic rings. The standard InChI is InChI=1S/C12H20N2O3S.ClH/c1-4-14(2)9-12(15)10-5-7-11(8-6-10)13-18(3,16)17;/h5-8,12-13,15H,4,9H2,1-3H3;1H. The van der Waals surface area contributed by atoms with Gasteiger partial charge in [0.2, 0.25) is 10.0 Å². The lowest BCUT2D eigenvalue weighted by Crippen LogP contribution is -2.24. The molecule has 0 aliphatic heterocycles. The Kier molecular flexibility index (Phi) is 7.36. The van der Waals surface area contributed by atoms with Crippen molar-refractivity contribution in [2.45, 2.75) is 13.0 Å². The van der Waals surface area contributed by atoms with Crippen LogP contribution in [0.1, 0.15) is 18.6 Å². The Morgan fingerprint density at radius 3 is 2.26 bits per heavy atom. The van der Waals surface area contributed by atoms with Crippen LogP contribution in [0.3, 0.4) is 0 Å². The highest BCUT2D eigenvalue weighted by molar-refractivity contribution is 7.92. The molecule has 0 bridgehead atoms. The molecule has 1 atom stereocenters. The van der Waals surface area contributed by atoms with Crippen molar-refractivity contribution < 1.29 is 13.5 Å². The second kappa shape index (κ2) is 7.69. The Morgan fingerprint density at radius 2 is 1.84 bits per heavy atom. The Balaban J connectivity index is 0.00000324. The summed E-state index contributed by atoms with van der Waals surface area (Å²) in [6.45, 7) is 3.44. The fourth-order valence-electron chi connectivity index (χ4n) is 1.52. The van der Waals surface area contributed by atoms with E-state index in [-0.39, 0.29) is 12.4 Å². The minimum Gasteiger partial charge on any atom is -0.387 e. The van der Waals surface area contributed by atoms with E-state index in [1.54, 1.807) is 24.3 Å². The van der Waals surface area contributed by atoms with Gasteiger partial charge in [0.25, 0.3) is 0 Å². The number of sulfonamides is 1. The first-order valence-corrected chi connectivity index (χ1v) is 7.65. The van der Waals surface area contributed by atoms with Crippen LogP contribution in [0.5, 0.6) is 0 Å². The number of aliphatic hydroxyl groups excluding tert-OH is 1. The first-order valence-electron chi connectivity index (χ1n) is 5.76. The quantitative estimate of drug-likeness (QED) is 0.835. The molecule has 0 heterocycles. The minimum atomic E-state index is -3.25. The van der Waals surface area contributed by atoms with Crippen LogP contribution in [-0.2, 0) is 10.0 Å². The third-order valence-electron chi connectivity index (χ3n) is 2.62. The van der Waals surface area contributed by atoms with E-state index in [0.717, 1.165) is 18.4 Å². The lowest BCUT2D eigenvalue weighted by molar-refractivity contribution is 0.129. The predicted molar refractivity (Wildman–Crippen MR) is 80.3 cm³/mol. The zero-order valence-electron chi connectivity index (χ0n) is 11.3. The van der Waals surface area contributed by atoms with Gasteiger partial charge in [-0.2, -0.15) is 0 Å². The van der Waals surface area contributed by atoms with Gasteiger partial charge in [-0.15, -0.1) is 12.4 Å². The number of halogens is 1. The highest BCUT2D eigenvalue weighted by Gasteiger charge is 2.10. The molecular formula is C12H21ClN2O3S. The largest absolute Gasteiger partial charge is 0.387 e. The number of hydrogen-bond donors (Lipinski definition) is 2. The molecule has 1 aromatic rings. The summed E-state index contributed by atoms with van der Waals surface area (Å²) in [5, 5.41) is 9.97. The van der Waals surface area contributed by atoms with Crippen LogP contribution in [-0.4, -0.2) is 44.8 Å². The van der Waals surface area contributed by atoms with E-state index < -0.39 is 16.1 Å². The second-order valence-electron chi connectivity index (χ2n) is 4.37. The molecule has 0 radical (unpaired) electrons. The van der Waals surface area contributed by atoms with Gasteiger partial charge >= 0.3 is 0 Å². The Bertz CT molecular complexity index is 476. The average Bonchev–Trinajstić information content (AvgIpc) is 2.27.